The summed E-state index contributed by atoms with van der Waals surface area (Å²) in [7, 11) is 0. The fraction of sp³-hybridized carbons (Fsp3) is 0.208. The van der Waals surface area contributed by atoms with Gasteiger partial charge in [0.1, 0.15) is 11.0 Å². The van der Waals surface area contributed by atoms with Crippen LogP contribution in [0.2, 0.25) is 5.15 Å². The molecule has 0 saturated heterocycles. The third-order valence-corrected chi connectivity index (χ3v) is 6.13. The Morgan fingerprint density at radius 1 is 1.16 bits per heavy atom. The van der Waals surface area contributed by atoms with Gasteiger partial charge in [0, 0.05) is 48.3 Å². The zero-order valence-corrected chi connectivity index (χ0v) is 17.9. The van der Waals surface area contributed by atoms with Gasteiger partial charge >= 0.3 is 0 Å². The van der Waals surface area contributed by atoms with Crippen LogP contribution in [-0.4, -0.2) is 26.4 Å². The Kier molecular flexibility index (Phi) is 4.96. The molecule has 1 aliphatic rings. The lowest BCUT2D eigenvalue weighted by atomic mass is 10.0. The number of hydrogen-bond donors (Lipinski definition) is 2. The monoisotopic (exact) mass is 431 g/mol. The Morgan fingerprint density at radius 3 is 2.77 bits per heavy atom. The van der Waals surface area contributed by atoms with Crippen LogP contribution in [0.3, 0.4) is 0 Å². The number of fused-ring (bicyclic) bond motifs is 2. The molecule has 2 aromatic heterocycles. The standard InChI is InChI=1S/C24H22ClN5O/c1-14-3-2-4-16-11-17(22(25)28-21(14)16)12-30-10-9-20-19(13-30)24(31)29-23(27-20)15-5-7-18(26)8-6-15/h2-8,11H,9-10,12-13,26H2,1H3,(H,27,29,31). The van der Waals surface area contributed by atoms with Crippen LogP contribution >= 0.6 is 11.6 Å². The normalized spacial score (nSPS) is 14.0. The molecule has 0 aliphatic carbocycles. The van der Waals surface area contributed by atoms with Gasteiger partial charge in [-0.05, 0) is 42.8 Å². The predicted molar refractivity (Wildman–Crippen MR) is 124 cm³/mol. The molecule has 0 fully saturated rings. The molecule has 0 radical (unpaired) electrons. The molecular formula is C24H22ClN5O. The maximum absolute atomic E-state index is 12.8. The maximum Gasteiger partial charge on any atom is 0.255 e. The summed E-state index contributed by atoms with van der Waals surface area (Å²) in [4.78, 5) is 27.3. The smallest absolute Gasteiger partial charge is 0.255 e. The van der Waals surface area contributed by atoms with Crippen LogP contribution in [0.25, 0.3) is 22.3 Å². The van der Waals surface area contributed by atoms with E-state index in [1.54, 1.807) is 12.1 Å². The van der Waals surface area contributed by atoms with Gasteiger partial charge in [-0.1, -0.05) is 29.8 Å². The van der Waals surface area contributed by atoms with Gasteiger partial charge in [-0.15, -0.1) is 0 Å². The lowest BCUT2D eigenvalue weighted by Gasteiger charge is -2.28. The van der Waals surface area contributed by atoms with Crippen LogP contribution in [0.15, 0.2) is 53.3 Å². The molecule has 156 valence electrons. The Labute approximate surface area is 184 Å². The second-order valence-electron chi connectivity index (χ2n) is 8.01. The zero-order chi connectivity index (χ0) is 21.5. The summed E-state index contributed by atoms with van der Waals surface area (Å²) in [5.74, 6) is 0.578. The number of hydrogen-bond acceptors (Lipinski definition) is 5. The molecule has 2 aromatic carbocycles. The molecule has 0 bridgehead atoms. The highest BCUT2D eigenvalue weighted by atomic mass is 35.5. The maximum atomic E-state index is 12.8. The van der Waals surface area contributed by atoms with E-state index in [9.17, 15) is 4.79 Å². The molecule has 4 aromatic rings. The Balaban J connectivity index is 1.41. The summed E-state index contributed by atoms with van der Waals surface area (Å²) in [5, 5.41) is 1.59. The van der Waals surface area contributed by atoms with Crippen LogP contribution in [0, 0.1) is 6.92 Å². The van der Waals surface area contributed by atoms with Crippen molar-refractivity contribution in [2.75, 3.05) is 12.3 Å². The van der Waals surface area contributed by atoms with Crippen molar-refractivity contribution in [3.8, 4) is 11.4 Å². The number of para-hydroxylation sites is 1. The van der Waals surface area contributed by atoms with Crippen LogP contribution in [-0.2, 0) is 19.5 Å². The fourth-order valence-electron chi connectivity index (χ4n) is 4.11. The number of nitrogens with zero attached hydrogens (tertiary/aromatic N) is 3. The first-order chi connectivity index (χ1) is 15.0. The first kappa shape index (κ1) is 19.7. The van der Waals surface area contributed by atoms with Crippen molar-refractivity contribution in [2.45, 2.75) is 26.4 Å². The second kappa shape index (κ2) is 7.80. The first-order valence-electron chi connectivity index (χ1n) is 10.2. The van der Waals surface area contributed by atoms with Gasteiger partial charge in [0.2, 0.25) is 0 Å². The molecule has 6 nitrogen and oxygen atoms in total. The average molecular weight is 432 g/mol. The van der Waals surface area contributed by atoms with E-state index in [0.29, 0.717) is 41.7 Å². The van der Waals surface area contributed by atoms with E-state index in [0.717, 1.165) is 39.8 Å². The number of H-pyrrole nitrogens is 1. The average Bonchev–Trinajstić information content (AvgIpc) is 2.76. The van der Waals surface area contributed by atoms with Crippen molar-refractivity contribution < 1.29 is 0 Å². The zero-order valence-electron chi connectivity index (χ0n) is 17.2. The molecule has 7 heteroatoms. The largest absolute Gasteiger partial charge is 0.399 e. The number of nitrogens with one attached hydrogen (secondary N) is 1. The fourth-order valence-corrected chi connectivity index (χ4v) is 4.31. The molecule has 0 spiro atoms. The van der Waals surface area contributed by atoms with Crippen LogP contribution in [0.5, 0.6) is 0 Å². The number of anilines is 1. The summed E-state index contributed by atoms with van der Waals surface area (Å²) < 4.78 is 0. The molecule has 0 amide bonds. The number of nitrogens with two attached hydrogens (primary N) is 1. The molecule has 31 heavy (non-hydrogen) atoms. The predicted octanol–water partition coefficient (Wildman–Crippen LogP) is 4.09. The van der Waals surface area contributed by atoms with Gasteiger partial charge in [-0.2, -0.15) is 0 Å². The molecule has 3 N–H and O–H groups in total. The quantitative estimate of drug-likeness (QED) is 0.377. The van der Waals surface area contributed by atoms with E-state index in [-0.39, 0.29) is 5.56 Å². The van der Waals surface area contributed by atoms with E-state index in [1.807, 2.05) is 37.3 Å². The summed E-state index contributed by atoms with van der Waals surface area (Å²) in [6, 6.07) is 15.5. The summed E-state index contributed by atoms with van der Waals surface area (Å²) in [6.45, 7) is 3.99. The molecule has 0 saturated carbocycles. The highest BCUT2D eigenvalue weighted by Gasteiger charge is 2.22. The van der Waals surface area contributed by atoms with Crippen LogP contribution in [0.1, 0.15) is 22.4 Å². The number of nitrogen functional groups attached to an aromatic ring is 1. The SMILES string of the molecule is Cc1cccc2cc(CN3CCc4nc(-c5ccc(N)cc5)[nH]c(=O)c4C3)c(Cl)nc12. The minimum absolute atomic E-state index is 0.0973. The van der Waals surface area contributed by atoms with Crippen molar-refractivity contribution in [1.29, 1.82) is 0 Å². The Bertz CT molecular complexity index is 1350. The summed E-state index contributed by atoms with van der Waals surface area (Å²) >= 11 is 6.50. The lowest BCUT2D eigenvalue weighted by Crippen LogP contribution is -2.35. The van der Waals surface area contributed by atoms with Gasteiger partial charge in [0.25, 0.3) is 5.56 Å². The number of aromatic nitrogens is 3. The topological polar surface area (TPSA) is 87.9 Å². The van der Waals surface area contributed by atoms with Crippen molar-refractivity contribution >= 4 is 28.2 Å². The summed E-state index contributed by atoms with van der Waals surface area (Å²) in [6.07, 6.45) is 0.707. The lowest BCUT2D eigenvalue weighted by molar-refractivity contribution is 0.242. The Morgan fingerprint density at radius 2 is 1.97 bits per heavy atom. The number of halogens is 1. The third kappa shape index (κ3) is 3.80. The van der Waals surface area contributed by atoms with Crippen molar-refractivity contribution in [3.63, 3.8) is 0 Å². The summed E-state index contributed by atoms with van der Waals surface area (Å²) in [5.41, 5.74) is 11.8. The van der Waals surface area contributed by atoms with Gasteiger partial charge in [0.15, 0.2) is 0 Å². The molecule has 5 rings (SSSR count). The number of aryl methyl sites for hydroxylation is 1. The van der Waals surface area contributed by atoms with Crippen LogP contribution in [0.4, 0.5) is 5.69 Å². The van der Waals surface area contributed by atoms with E-state index >= 15 is 0 Å². The molecule has 1 aliphatic heterocycles. The van der Waals surface area contributed by atoms with E-state index in [1.165, 1.54) is 0 Å². The van der Waals surface area contributed by atoms with Crippen molar-refractivity contribution in [2.24, 2.45) is 0 Å². The highest BCUT2D eigenvalue weighted by Crippen LogP contribution is 2.26. The number of pyridine rings is 1. The van der Waals surface area contributed by atoms with Crippen LogP contribution < -0.4 is 11.3 Å². The third-order valence-electron chi connectivity index (χ3n) is 5.80. The van der Waals surface area contributed by atoms with E-state index in [2.05, 4.69) is 20.9 Å². The number of rotatable bonds is 3. The molecule has 0 atom stereocenters. The minimum Gasteiger partial charge on any atom is -0.399 e. The Hall–Kier alpha value is -3.22. The van der Waals surface area contributed by atoms with E-state index < -0.39 is 0 Å². The highest BCUT2D eigenvalue weighted by molar-refractivity contribution is 6.30. The number of benzene rings is 2. The number of aromatic amines is 1. The van der Waals surface area contributed by atoms with Crippen molar-refractivity contribution in [3.05, 3.63) is 86.4 Å². The minimum atomic E-state index is -0.0973. The van der Waals surface area contributed by atoms with Gasteiger partial charge < -0.3 is 10.7 Å². The van der Waals surface area contributed by atoms with Gasteiger partial charge in [-0.25, -0.2) is 9.97 Å². The van der Waals surface area contributed by atoms with E-state index in [4.69, 9.17) is 22.3 Å². The van der Waals surface area contributed by atoms with Gasteiger partial charge in [0.05, 0.1) is 16.8 Å². The molecule has 3 heterocycles. The second-order valence-corrected chi connectivity index (χ2v) is 8.37. The van der Waals surface area contributed by atoms with Crippen molar-refractivity contribution in [1.82, 2.24) is 19.9 Å². The molecular weight excluding hydrogens is 410 g/mol. The van der Waals surface area contributed by atoms with Gasteiger partial charge in [-0.3, -0.25) is 9.69 Å². The first-order valence-corrected chi connectivity index (χ1v) is 10.6. The molecule has 0 unspecified atom stereocenters.